The summed E-state index contributed by atoms with van der Waals surface area (Å²) in [5.74, 6) is -16.2. The van der Waals surface area contributed by atoms with E-state index in [-0.39, 0.29) is 21.9 Å². The van der Waals surface area contributed by atoms with Crippen molar-refractivity contribution < 1.29 is 26.3 Å². The molecule has 1 aliphatic rings. The zero-order valence-corrected chi connectivity index (χ0v) is 26.2. The molecule has 0 N–H and O–H groups in total. The van der Waals surface area contributed by atoms with Gasteiger partial charge in [0, 0.05) is 46.0 Å². The summed E-state index contributed by atoms with van der Waals surface area (Å²) in [6, 6.07) is 13.3. The molecule has 0 spiro atoms. The fraction of sp³-hybridized carbons (Fsp3) is 0.214. The quantitative estimate of drug-likeness (QED) is 0.154. The van der Waals surface area contributed by atoms with Crippen LogP contribution in [-0.2, 0) is 0 Å². The smallest absolute Gasteiger partial charge is 0.194 e. The molecule has 40 heavy (non-hydrogen) atoms. The van der Waals surface area contributed by atoms with Crippen LogP contribution in [0.2, 0.25) is 0 Å². The summed E-state index contributed by atoms with van der Waals surface area (Å²) in [5.41, 5.74) is -3.13. The molecule has 5 heterocycles. The monoisotopic (exact) mass is 706 g/mol. The van der Waals surface area contributed by atoms with E-state index in [1.54, 1.807) is 55.6 Å². The van der Waals surface area contributed by atoms with Gasteiger partial charge in [-0.3, -0.25) is 0 Å². The predicted molar refractivity (Wildman–Crippen MR) is 162 cm³/mol. The number of alkyl halides is 6. The minimum absolute atomic E-state index is 0.246. The number of rotatable bonds is 6. The molecule has 0 nitrogen and oxygen atoms in total. The number of allylic oxidation sites excluding steroid dienone is 2. The predicted octanol–water partition coefficient (Wildman–Crippen LogP) is 12.7. The van der Waals surface area contributed by atoms with E-state index >= 15 is 26.3 Å². The lowest BCUT2D eigenvalue weighted by Crippen LogP contribution is -2.48. The third kappa shape index (κ3) is 4.24. The van der Waals surface area contributed by atoms with Crippen LogP contribution in [0.4, 0.5) is 26.3 Å². The first-order chi connectivity index (χ1) is 18.8. The average Bonchev–Trinajstić information content (AvgIpc) is 3.70. The summed E-state index contributed by atoms with van der Waals surface area (Å²) < 4.78 is 94.7. The standard InChI is InChI=1S/C28H17BrF6S5/c1-13(2)24-14(11-19(39-24)16-5-3-9-36-16)22-23(27(32,33)28(34,35)26(22,30)31)15-12-20(17-7-8-21(29)38-17)40-25(15)18-6-4-10-37-18/h3-13H,1-2H3. The number of hydrogen-bond donors (Lipinski definition) is 0. The van der Waals surface area contributed by atoms with E-state index in [4.69, 9.17) is 0 Å². The van der Waals surface area contributed by atoms with Crippen LogP contribution in [0.1, 0.15) is 35.8 Å². The minimum Gasteiger partial charge on any atom is -0.194 e. The Morgan fingerprint density at radius 3 is 1.77 bits per heavy atom. The molecule has 0 saturated heterocycles. The van der Waals surface area contributed by atoms with Gasteiger partial charge in [0.15, 0.2) is 0 Å². The van der Waals surface area contributed by atoms with Crippen LogP contribution in [0, 0.1) is 0 Å². The molecule has 0 atom stereocenters. The minimum atomic E-state index is -5.62. The second kappa shape index (κ2) is 9.95. The molecule has 5 aromatic heterocycles. The maximum atomic E-state index is 15.9. The van der Waals surface area contributed by atoms with Crippen molar-refractivity contribution in [3.63, 3.8) is 0 Å². The van der Waals surface area contributed by atoms with Crippen LogP contribution in [0.15, 0.2) is 63.1 Å². The summed E-state index contributed by atoms with van der Waals surface area (Å²) >= 11 is 9.63. The molecule has 0 aliphatic heterocycles. The van der Waals surface area contributed by atoms with E-state index in [0.29, 0.717) is 24.4 Å². The largest absolute Gasteiger partial charge is 0.380 e. The van der Waals surface area contributed by atoms with E-state index in [9.17, 15) is 0 Å². The van der Waals surface area contributed by atoms with Crippen LogP contribution >= 0.6 is 72.6 Å². The van der Waals surface area contributed by atoms with E-state index < -0.39 is 28.9 Å². The number of hydrogen-bond acceptors (Lipinski definition) is 5. The van der Waals surface area contributed by atoms with Crippen LogP contribution in [-0.4, -0.2) is 17.8 Å². The van der Waals surface area contributed by atoms with Gasteiger partial charge in [-0.25, -0.2) is 0 Å². The summed E-state index contributed by atoms with van der Waals surface area (Å²) in [6.07, 6.45) is 0. The van der Waals surface area contributed by atoms with Gasteiger partial charge < -0.3 is 0 Å². The number of halogens is 7. The highest BCUT2D eigenvalue weighted by Gasteiger charge is 2.80. The highest BCUT2D eigenvalue weighted by atomic mass is 79.9. The Morgan fingerprint density at radius 1 is 0.650 bits per heavy atom. The molecule has 12 heteroatoms. The van der Waals surface area contributed by atoms with Gasteiger partial charge in [0.05, 0.1) is 8.66 Å². The summed E-state index contributed by atoms with van der Waals surface area (Å²) in [4.78, 5) is 3.72. The van der Waals surface area contributed by atoms with Gasteiger partial charge in [0.2, 0.25) is 0 Å². The fourth-order valence-corrected chi connectivity index (χ4v) is 10.2. The molecule has 1 aliphatic carbocycles. The van der Waals surface area contributed by atoms with Crippen molar-refractivity contribution in [2.75, 3.05) is 0 Å². The van der Waals surface area contributed by atoms with Gasteiger partial charge >= 0.3 is 17.8 Å². The Hall–Kier alpha value is -1.70. The van der Waals surface area contributed by atoms with Crippen molar-refractivity contribution in [2.45, 2.75) is 37.5 Å². The third-order valence-electron chi connectivity index (χ3n) is 6.55. The average molecular weight is 708 g/mol. The van der Waals surface area contributed by atoms with Crippen molar-refractivity contribution in [2.24, 2.45) is 0 Å². The Morgan fingerprint density at radius 2 is 1.23 bits per heavy atom. The molecule has 0 unspecified atom stereocenters. The Labute approximate surface area is 254 Å². The van der Waals surface area contributed by atoms with Gasteiger partial charge in [-0.15, -0.1) is 56.7 Å². The van der Waals surface area contributed by atoms with Crippen LogP contribution in [0.5, 0.6) is 0 Å². The second-order valence-corrected chi connectivity index (χ2v) is 15.9. The number of thiophene rings is 5. The van der Waals surface area contributed by atoms with Crippen LogP contribution < -0.4 is 0 Å². The topological polar surface area (TPSA) is 0 Å². The lowest BCUT2D eigenvalue weighted by molar-refractivity contribution is -0.254. The zero-order valence-electron chi connectivity index (χ0n) is 20.5. The summed E-state index contributed by atoms with van der Waals surface area (Å²) in [5, 5.41) is 3.54. The third-order valence-corrected chi connectivity index (χ3v) is 13.1. The maximum absolute atomic E-state index is 15.9. The van der Waals surface area contributed by atoms with E-state index in [2.05, 4.69) is 15.9 Å². The van der Waals surface area contributed by atoms with Gasteiger partial charge in [-0.2, -0.15) is 26.3 Å². The molecule has 5 aromatic rings. The van der Waals surface area contributed by atoms with E-state index in [1.165, 1.54) is 57.5 Å². The Balaban J connectivity index is 1.71. The molecule has 0 saturated carbocycles. The Kier molecular flexibility index (Phi) is 7.07. The Bertz CT molecular complexity index is 1720. The maximum Gasteiger partial charge on any atom is 0.380 e. The van der Waals surface area contributed by atoms with Gasteiger partial charge in [0.1, 0.15) is 0 Å². The van der Waals surface area contributed by atoms with Crippen molar-refractivity contribution in [1.29, 1.82) is 0 Å². The molecular weight excluding hydrogens is 691 g/mol. The first kappa shape index (κ1) is 28.4. The molecule has 0 amide bonds. The van der Waals surface area contributed by atoms with Crippen molar-refractivity contribution in [3.8, 4) is 29.3 Å². The highest BCUT2D eigenvalue weighted by molar-refractivity contribution is 9.11. The molecule has 0 aromatic carbocycles. The molecular formula is C28H17BrF6S5. The second-order valence-electron chi connectivity index (χ2n) is 9.43. The normalized spacial score (nSPS) is 17.9. The molecule has 6 rings (SSSR count). The zero-order chi connectivity index (χ0) is 28.6. The first-order valence-electron chi connectivity index (χ1n) is 11.8. The molecule has 0 radical (unpaired) electrons. The SMILES string of the molecule is CC(C)c1sc(-c2cccs2)cc1C1=C(c2cc(-c3ccc(Br)s3)sc2-c2cccs2)C(F)(F)C(F)(F)C1(F)F. The van der Waals surface area contributed by atoms with Crippen LogP contribution in [0.3, 0.4) is 0 Å². The van der Waals surface area contributed by atoms with Gasteiger partial charge in [0.25, 0.3) is 0 Å². The molecule has 0 fully saturated rings. The van der Waals surface area contributed by atoms with Crippen molar-refractivity contribution in [3.05, 3.63) is 79.1 Å². The van der Waals surface area contributed by atoms with Gasteiger partial charge in [-0.1, -0.05) is 26.0 Å². The fourth-order valence-electron chi connectivity index (χ4n) is 4.74. The summed E-state index contributed by atoms with van der Waals surface area (Å²) in [7, 11) is 0. The summed E-state index contributed by atoms with van der Waals surface area (Å²) in [6.45, 7) is 3.48. The molecule has 208 valence electrons. The highest BCUT2D eigenvalue weighted by Crippen LogP contribution is 2.67. The first-order valence-corrected chi connectivity index (χ1v) is 16.8. The van der Waals surface area contributed by atoms with Gasteiger partial charge in [-0.05, 0) is 74.6 Å². The van der Waals surface area contributed by atoms with Crippen molar-refractivity contribution >= 4 is 83.8 Å². The van der Waals surface area contributed by atoms with Crippen molar-refractivity contribution in [1.82, 2.24) is 0 Å². The van der Waals surface area contributed by atoms with Crippen LogP contribution in [0.25, 0.3) is 40.4 Å². The lowest BCUT2D eigenvalue weighted by atomic mass is 9.92. The van der Waals surface area contributed by atoms with E-state index in [0.717, 1.165) is 20.0 Å². The van der Waals surface area contributed by atoms with E-state index in [1.807, 2.05) is 5.38 Å². The lowest BCUT2D eigenvalue weighted by Gasteiger charge is -2.26. The molecule has 0 bridgehead atoms.